The van der Waals surface area contributed by atoms with Crippen molar-refractivity contribution in [3.05, 3.63) is 34.4 Å². The van der Waals surface area contributed by atoms with E-state index >= 15 is 0 Å². The van der Waals surface area contributed by atoms with Crippen LogP contribution in [-0.2, 0) is 0 Å². The Morgan fingerprint density at radius 2 is 1.71 bits per heavy atom. The highest BCUT2D eigenvalue weighted by molar-refractivity contribution is 5.60. The molecule has 0 spiro atoms. The maximum absolute atomic E-state index is 4.54. The van der Waals surface area contributed by atoms with E-state index in [1.165, 1.54) is 22.3 Å². The molecule has 0 N–H and O–H groups in total. The summed E-state index contributed by atoms with van der Waals surface area (Å²) in [4.78, 5) is 4.54. The number of aryl methyl sites for hydroxylation is 5. The molecule has 0 fully saturated rings. The third kappa shape index (κ3) is 1.07. The van der Waals surface area contributed by atoms with E-state index in [1.807, 2.05) is 0 Å². The summed E-state index contributed by atoms with van der Waals surface area (Å²) >= 11 is 0. The Morgan fingerprint density at radius 1 is 1.07 bits per heavy atom. The Morgan fingerprint density at radius 3 is 2.36 bits per heavy atom. The minimum atomic E-state index is 1.08. The topological polar surface area (TPSA) is 17.3 Å². The van der Waals surface area contributed by atoms with E-state index in [4.69, 9.17) is 0 Å². The number of hydrogen-bond donors (Lipinski definition) is 0. The lowest BCUT2D eigenvalue weighted by atomic mass is 10.2. The first kappa shape index (κ1) is 9.25. The van der Waals surface area contributed by atoms with Crippen LogP contribution in [0.1, 0.15) is 28.3 Å². The van der Waals surface area contributed by atoms with Crippen molar-refractivity contribution >= 4 is 5.52 Å². The van der Waals surface area contributed by atoms with Gasteiger partial charge in [0.15, 0.2) is 0 Å². The smallest absolute Gasteiger partial charge is 0.110 e. The summed E-state index contributed by atoms with van der Waals surface area (Å²) < 4.78 is 2.23. The SMILES string of the molecule is Cc1cc2c(C)c(C)nc(C)n2c1C. The van der Waals surface area contributed by atoms with Crippen molar-refractivity contribution in [3.8, 4) is 0 Å². The van der Waals surface area contributed by atoms with Crippen LogP contribution in [0.25, 0.3) is 5.52 Å². The molecule has 0 aliphatic rings. The molecule has 2 heterocycles. The number of aromatic nitrogens is 2. The largest absolute Gasteiger partial charge is 0.302 e. The van der Waals surface area contributed by atoms with Gasteiger partial charge in [-0.1, -0.05) is 0 Å². The Kier molecular flexibility index (Phi) is 1.88. The highest BCUT2D eigenvalue weighted by atomic mass is 15.0. The van der Waals surface area contributed by atoms with Crippen molar-refractivity contribution in [3.63, 3.8) is 0 Å². The van der Waals surface area contributed by atoms with E-state index in [2.05, 4.69) is 50.1 Å². The Labute approximate surface area is 84.6 Å². The maximum Gasteiger partial charge on any atom is 0.110 e. The minimum Gasteiger partial charge on any atom is -0.302 e. The summed E-state index contributed by atoms with van der Waals surface area (Å²) in [5.74, 6) is 1.08. The summed E-state index contributed by atoms with van der Waals surface area (Å²) in [6.07, 6.45) is 0. The van der Waals surface area contributed by atoms with Crippen LogP contribution in [0, 0.1) is 34.6 Å². The van der Waals surface area contributed by atoms with E-state index < -0.39 is 0 Å². The zero-order valence-corrected chi connectivity index (χ0v) is 9.47. The summed E-state index contributed by atoms with van der Waals surface area (Å²) in [5.41, 5.74) is 6.35. The lowest BCUT2D eigenvalue weighted by Gasteiger charge is -2.08. The normalized spacial score (nSPS) is 11.2. The maximum atomic E-state index is 4.54. The highest BCUT2D eigenvalue weighted by Crippen LogP contribution is 2.21. The first-order valence-corrected chi connectivity index (χ1v) is 4.95. The number of fused-ring (bicyclic) bond motifs is 1. The van der Waals surface area contributed by atoms with Gasteiger partial charge in [0.05, 0.1) is 5.52 Å². The first-order chi connectivity index (χ1) is 6.52. The Hall–Kier alpha value is -1.31. The predicted octanol–water partition coefficient (Wildman–Crippen LogP) is 2.88. The molecule has 0 unspecified atom stereocenters. The lowest BCUT2D eigenvalue weighted by molar-refractivity contribution is 0.921. The van der Waals surface area contributed by atoms with E-state index in [0.717, 1.165) is 11.5 Å². The zero-order chi connectivity index (χ0) is 10.5. The standard InChI is InChI=1S/C12H16N2/c1-7-6-12-8(2)9(3)13-11(5)14(12)10(7)4/h6H,1-5H3. The quantitative estimate of drug-likeness (QED) is 0.621. The third-order valence-electron chi connectivity index (χ3n) is 3.08. The van der Waals surface area contributed by atoms with E-state index in [1.54, 1.807) is 0 Å². The van der Waals surface area contributed by atoms with Gasteiger partial charge in [0.25, 0.3) is 0 Å². The molecule has 0 amide bonds. The summed E-state index contributed by atoms with van der Waals surface area (Å²) in [5, 5.41) is 0. The molecule has 0 saturated carbocycles. The van der Waals surface area contributed by atoms with Crippen LogP contribution >= 0.6 is 0 Å². The van der Waals surface area contributed by atoms with Crippen LogP contribution in [0.15, 0.2) is 6.07 Å². The van der Waals surface area contributed by atoms with Gasteiger partial charge in [-0.25, -0.2) is 4.98 Å². The molecule has 0 saturated heterocycles. The molecule has 74 valence electrons. The predicted molar refractivity (Wildman–Crippen MR) is 58.9 cm³/mol. The molecule has 0 aliphatic heterocycles. The van der Waals surface area contributed by atoms with Crippen LogP contribution in [0.3, 0.4) is 0 Å². The van der Waals surface area contributed by atoms with Crippen molar-refractivity contribution in [2.24, 2.45) is 0 Å². The van der Waals surface area contributed by atoms with Gasteiger partial charge in [0, 0.05) is 11.4 Å². The molecular formula is C12H16N2. The number of rotatable bonds is 0. The third-order valence-corrected chi connectivity index (χ3v) is 3.08. The molecule has 0 aliphatic carbocycles. The van der Waals surface area contributed by atoms with Gasteiger partial charge in [0.2, 0.25) is 0 Å². The average Bonchev–Trinajstić information content (AvgIpc) is 2.40. The van der Waals surface area contributed by atoms with E-state index in [9.17, 15) is 0 Å². The van der Waals surface area contributed by atoms with Gasteiger partial charge >= 0.3 is 0 Å². The second-order valence-corrected chi connectivity index (χ2v) is 4.00. The van der Waals surface area contributed by atoms with Gasteiger partial charge in [-0.2, -0.15) is 0 Å². The molecule has 2 heteroatoms. The fourth-order valence-corrected chi connectivity index (χ4v) is 1.99. The van der Waals surface area contributed by atoms with Crippen LogP contribution in [0.4, 0.5) is 0 Å². The van der Waals surface area contributed by atoms with Gasteiger partial charge in [-0.3, -0.25) is 0 Å². The Bertz CT molecular complexity index is 507. The number of hydrogen-bond acceptors (Lipinski definition) is 1. The van der Waals surface area contributed by atoms with Crippen molar-refractivity contribution in [2.75, 3.05) is 0 Å². The molecule has 2 nitrogen and oxygen atoms in total. The second-order valence-electron chi connectivity index (χ2n) is 4.00. The molecule has 2 aromatic heterocycles. The summed E-state index contributed by atoms with van der Waals surface area (Å²) in [6, 6.07) is 2.24. The lowest BCUT2D eigenvalue weighted by Crippen LogP contribution is -2.01. The second kappa shape index (κ2) is 2.84. The fraction of sp³-hybridized carbons (Fsp3) is 0.417. The zero-order valence-electron chi connectivity index (χ0n) is 9.47. The van der Waals surface area contributed by atoms with E-state index in [0.29, 0.717) is 0 Å². The van der Waals surface area contributed by atoms with Crippen LogP contribution < -0.4 is 0 Å². The van der Waals surface area contributed by atoms with Gasteiger partial charge in [0.1, 0.15) is 5.82 Å². The minimum absolute atomic E-state index is 1.08. The molecule has 0 aromatic carbocycles. The van der Waals surface area contributed by atoms with Crippen molar-refractivity contribution in [2.45, 2.75) is 34.6 Å². The monoisotopic (exact) mass is 188 g/mol. The molecule has 0 bridgehead atoms. The van der Waals surface area contributed by atoms with Gasteiger partial charge in [-0.15, -0.1) is 0 Å². The summed E-state index contributed by atoms with van der Waals surface area (Å²) in [7, 11) is 0. The Balaban J connectivity index is 3.02. The van der Waals surface area contributed by atoms with E-state index in [-0.39, 0.29) is 0 Å². The molecule has 0 atom stereocenters. The van der Waals surface area contributed by atoms with Crippen molar-refractivity contribution in [1.82, 2.24) is 9.38 Å². The summed E-state index contributed by atoms with van der Waals surface area (Å²) in [6.45, 7) is 10.6. The van der Waals surface area contributed by atoms with Crippen LogP contribution in [-0.4, -0.2) is 9.38 Å². The first-order valence-electron chi connectivity index (χ1n) is 4.95. The fourth-order valence-electron chi connectivity index (χ4n) is 1.99. The molecular weight excluding hydrogens is 172 g/mol. The van der Waals surface area contributed by atoms with Crippen molar-refractivity contribution < 1.29 is 0 Å². The highest BCUT2D eigenvalue weighted by Gasteiger charge is 2.09. The molecule has 0 radical (unpaired) electrons. The van der Waals surface area contributed by atoms with Gasteiger partial charge in [-0.05, 0) is 51.8 Å². The van der Waals surface area contributed by atoms with Gasteiger partial charge < -0.3 is 4.40 Å². The van der Waals surface area contributed by atoms with Crippen LogP contribution in [0.5, 0.6) is 0 Å². The van der Waals surface area contributed by atoms with Crippen molar-refractivity contribution in [1.29, 1.82) is 0 Å². The average molecular weight is 188 g/mol. The molecule has 14 heavy (non-hydrogen) atoms. The van der Waals surface area contributed by atoms with Crippen LogP contribution in [0.2, 0.25) is 0 Å². The molecule has 2 rings (SSSR count). The molecule has 2 aromatic rings. The number of nitrogens with zero attached hydrogens (tertiary/aromatic N) is 2.